The van der Waals surface area contributed by atoms with E-state index in [1.165, 1.54) is 6.33 Å². The molecule has 112 valence electrons. The number of ether oxygens (including phenoxy) is 1. The summed E-state index contributed by atoms with van der Waals surface area (Å²) in [5.41, 5.74) is -0.662. The second kappa shape index (κ2) is 8.21. The van der Waals surface area contributed by atoms with E-state index in [-0.39, 0.29) is 12.0 Å². The Morgan fingerprint density at radius 3 is 2.85 bits per heavy atom. The molecule has 0 spiro atoms. The van der Waals surface area contributed by atoms with E-state index in [9.17, 15) is 4.79 Å². The van der Waals surface area contributed by atoms with Crippen LogP contribution in [0, 0.1) is 0 Å². The molecule has 1 heterocycles. The minimum absolute atomic E-state index is 0.197. The summed E-state index contributed by atoms with van der Waals surface area (Å²) in [6, 6.07) is 2.08. The molecule has 0 saturated carbocycles. The Kier molecular flexibility index (Phi) is 6.95. The standard InChI is InChI=1S/C14H23N3O2S/c1-5-19-13(18)14(4,17-11(2)3)7-9-20-12-6-8-15-10-16-12/h6,8,10-11,17H,5,7,9H2,1-4H3. The largest absolute Gasteiger partial charge is 0.465 e. The minimum atomic E-state index is -0.662. The Hall–Kier alpha value is -1.14. The van der Waals surface area contributed by atoms with Crippen LogP contribution in [0.5, 0.6) is 0 Å². The molecule has 0 aliphatic rings. The van der Waals surface area contributed by atoms with E-state index in [2.05, 4.69) is 15.3 Å². The zero-order valence-electron chi connectivity index (χ0n) is 12.5. The smallest absolute Gasteiger partial charge is 0.326 e. The van der Waals surface area contributed by atoms with Crippen LogP contribution in [0.25, 0.3) is 0 Å². The van der Waals surface area contributed by atoms with Gasteiger partial charge in [0.1, 0.15) is 11.9 Å². The summed E-state index contributed by atoms with van der Waals surface area (Å²) in [5.74, 6) is 0.587. The van der Waals surface area contributed by atoms with Crippen molar-refractivity contribution in [2.45, 2.75) is 50.7 Å². The van der Waals surface area contributed by atoms with Crippen molar-refractivity contribution >= 4 is 17.7 Å². The summed E-state index contributed by atoms with van der Waals surface area (Å²) in [7, 11) is 0. The van der Waals surface area contributed by atoms with Crippen LogP contribution in [0.2, 0.25) is 0 Å². The van der Waals surface area contributed by atoms with Crippen molar-refractivity contribution < 1.29 is 9.53 Å². The lowest BCUT2D eigenvalue weighted by Crippen LogP contribution is -2.53. The van der Waals surface area contributed by atoms with E-state index < -0.39 is 5.54 Å². The second-order valence-electron chi connectivity index (χ2n) is 5.00. The van der Waals surface area contributed by atoms with E-state index in [0.29, 0.717) is 13.0 Å². The molecule has 1 aromatic heterocycles. The lowest BCUT2D eigenvalue weighted by atomic mass is 9.98. The highest BCUT2D eigenvalue weighted by Crippen LogP contribution is 2.21. The van der Waals surface area contributed by atoms with Crippen molar-refractivity contribution in [1.29, 1.82) is 0 Å². The Labute approximate surface area is 124 Å². The molecule has 0 saturated heterocycles. The molecule has 5 nitrogen and oxygen atoms in total. The zero-order valence-corrected chi connectivity index (χ0v) is 13.4. The Morgan fingerprint density at radius 2 is 2.30 bits per heavy atom. The van der Waals surface area contributed by atoms with Crippen LogP contribution >= 0.6 is 11.8 Å². The summed E-state index contributed by atoms with van der Waals surface area (Å²) in [6.45, 7) is 8.16. The highest BCUT2D eigenvalue weighted by atomic mass is 32.2. The maximum atomic E-state index is 12.1. The predicted molar refractivity (Wildman–Crippen MR) is 80.7 cm³/mol. The van der Waals surface area contributed by atoms with Crippen LogP contribution < -0.4 is 5.32 Å². The topological polar surface area (TPSA) is 64.1 Å². The third-order valence-electron chi connectivity index (χ3n) is 2.74. The van der Waals surface area contributed by atoms with Crippen LogP contribution in [-0.2, 0) is 9.53 Å². The quantitative estimate of drug-likeness (QED) is 0.451. The van der Waals surface area contributed by atoms with E-state index in [4.69, 9.17) is 4.74 Å². The first-order valence-corrected chi connectivity index (χ1v) is 7.80. The summed E-state index contributed by atoms with van der Waals surface area (Å²) in [4.78, 5) is 20.2. The van der Waals surface area contributed by atoms with Crippen LogP contribution in [0.15, 0.2) is 23.6 Å². The van der Waals surface area contributed by atoms with Crippen LogP contribution in [0.3, 0.4) is 0 Å². The van der Waals surface area contributed by atoms with Gasteiger partial charge in [0.15, 0.2) is 0 Å². The van der Waals surface area contributed by atoms with Crippen molar-refractivity contribution in [2.24, 2.45) is 0 Å². The van der Waals surface area contributed by atoms with Gasteiger partial charge in [-0.3, -0.25) is 10.1 Å². The fourth-order valence-corrected chi connectivity index (χ4v) is 2.88. The molecule has 1 aromatic rings. The molecule has 0 aliphatic carbocycles. The summed E-state index contributed by atoms with van der Waals surface area (Å²) >= 11 is 1.61. The molecule has 1 rings (SSSR count). The minimum Gasteiger partial charge on any atom is -0.465 e. The molecule has 6 heteroatoms. The Balaban J connectivity index is 2.58. The van der Waals surface area contributed by atoms with E-state index in [1.54, 1.807) is 18.0 Å². The average Bonchev–Trinajstić information content (AvgIpc) is 2.39. The van der Waals surface area contributed by atoms with Crippen LogP contribution in [0.1, 0.15) is 34.1 Å². The number of carbonyl (C=O) groups is 1. The van der Waals surface area contributed by atoms with Gasteiger partial charge in [-0.25, -0.2) is 9.97 Å². The number of nitrogens with one attached hydrogen (secondary N) is 1. The molecular formula is C14H23N3O2S. The maximum absolute atomic E-state index is 12.1. The van der Waals surface area contributed by atoms with Gasteiger partial charge in [0.25, 0.3) is 0 Å². The van der Waals surface area contributed by atoms with E-state index in [1.807, 2.05) is 33.8 Å². The Bertz CT molecular complexity index is 414. The first-order chi connectivity index (χ1) is 9.48. The third kappa shape index (κ3) is 5.46. The van der Waals surface area contributed by atoms with Crippen LogP contribution in [0.4, 0.5) is 0 Å². The van der Waals surface area contributed by atoms with Crippen molar-refractivity contribution in [1.82, 2.24) is 15.3 Å². The summed E-state index contributed by atoms with van der Waals surface area (Å²) in [6.07, 6.45) is 3.92. The van der Waals surface area contributed by atoms with Crippen LogP contribution in [-0.4, -0.2) is 39.9 Å². The number of carbonyl (C=O) groups excluding carboxylic acids is 1. The number of rotatable bonds is 8. The number of nitrogens with zero attached hydrogens (tertiary/aromatic N) is 2. The SMILES string of the molecule is CCOC(=O)C(C)(CCSc1ccncn1)NC(C)C. The highest BCUT2D eigenvalue weighted by Gasteiger charge is 2.34. The molecule has 0 amide bonds. The van der Waals surface area contributed by atoms with E-state index in [0.717, 1.165) is 10.8 Å². The summed E-state index contributed by atoms with van der Waals surface area (Å²) < 4.78 is 5.17. The van der Waals surface area contributed by atoms with Crippen molar-refractivity contribution in [3.8, 4) is 0 Å². The molecule has 20 heavy (non-hydrogen) atoms. The fraction of sp³-hybridized carbons (Fsp3) is 0.643. The molecule has 0 aliphatic heterocycles. The van der Waals surface area contributed by atoms with Gasteiger partial charge in [0, 0.05) is 18.0 Å². The first kappa shape index (κ1) is 16.9. The molecule has 0 aromatic carbocycles. The molecule has 1 N–H and O–H groups in total. The number of esters is 1. The van der Waals surface area contributed by atoms with Crippen molar-refractivity contribution in [2.75, 3.05) is 12.4 Å². The molecule has 0 fully saturated rings. The van der Waals surface area contributed by atoms with Crippen molar-refractivity contribution in [3.63, 3.8) is 0 Å². The zero-order chi connectivity index (χ0) is 15.0. The number of thioether (sulfide) groups is 1. The van der Waals surface area contributed by atoms with Gasteiger partial charge < -0.3 is 4.74 Å². The molecule has 1 unspecified atom stereocenters. The fourth-order valence-electron chi connectivity index (χ4n) is 1.88. The second-order valence-corrected chi connectivity index (χ2v) is 6.11. The average molecular weight is 297 g/mol. The normalized spacial score (nSPS) is 14.1. The monoisotopic (exact) mass is 297 g/mol. The van der Waals surface area contributed by atoms with Gasteiger partial charge in [0.05, 0.1) is 11.6 Å². The van der Waals surface area contributed by atoms with Gasteiger partial charge in [-0.15, -0.1) is 11.8 Å². The van der Waals surface area contributed by atoms with Gasteiger partial charge >= 0.3 is 5.97 Å². The molecular weight excluding hydrogens is 274 g/mol. The first-order valence-electron chi connectivity index (χ1n) is 6.81. The lowest BCUT2D eigenvalue weighted by Gasteiger charge is -2.30. The van der Waals surface area contributed by atoms with E-state index >= 15 is 0 Å². The maximum Gasteiger partial charge on any atom is 0.326 e. The molecule has 0 radical (unpaired) electrons. The number of aromatic nitrogens is 2. The third-order valence-corrected chi connectivity index (χ3v) is 3.69. The Morgan fingerprint density at radius 1 is 1.55 bits per heavy atom. The molecule has 1 atom stereocenters. The summed E-state index contributed by atoms with van der Waals surface area (Å²) in [5, 5.41) is 4.22. The number of hydrogen-bond acceptors (Lipinski definition) is 6. The lowest BCUT2D eigenvalue weighted by molar-refractivity contribution is -0.150. The molecule has 0 bridgehead atoms. The van der Waals surface area contributed by atoms with Gasteiger partial charge in [0.2, 0.25) is 0 Å². The highest BCUT2D eigenvalue weighted by molar-refractivity contribution is 7.99. The van der Waals surface area contributed by atoms with Gasteiger partial charge in [-0.05, 0) is 40.2 Å². The van der Waals surface area contributed by atoms with Gasteiger partial charge in [-0.1, -0.05) is 0 Å². The predicted octanol–water partition coefficient (Wildman–Crippen LogP) is 2.28. The number of hydrogen-bond donors (Lipinski definition) is 1. The van der Waals surface area contributed by atoms with Crippen molar-refractivity contribution in [3.05, 3.63) is 18.6 Å². The van der Waals surface area contributed by atoms with Gasteiger partial charge in [-0.2, -0.15) is 0 Å².